The molecular weight excluding hydrogens is 280 g/mol. The Morgan fingerprint density at radius 2 is 2.05 bits per heavy atom. The van der Waals surface area contributed by atoms with Gasteiger partial charge in [-0.05, 0) is 43.4 Å². The van der Waals surface area contributed by atoms with Crippen LogP contribution in [0.1, 0.15) is 58.8 Å². The summed E-state index contributed by atoms with van der Waals surface area (Å²) in [6.07, 6.45) is 9.99. The Balaban J connectivity index is 1.69. The van der Waals surface area contributed by atoms with Crippen molar-refractivity contribution in [1.29, 1.82) is 0 Å². The van der Waals surface area contributed by atoms with E-state index in [0.717, 1.165) is 16.8 Å². The van der Waals surface area contributed by atoms with Gasteiger partial charge in [-0.2, -0.15) is 0 Å². The molecular formula is C17H20N2OS. The van der Waals surface area contributed by atoms with Gasteiger partial charge in [0.15, 0.2) is 0 Å². The van der Waals surface area contributed by atoms with Crippen LogP contribution in [0.15, 0.2) is 29.9 Å². The summed E-state index contributed by atoms with van der Waals surface area (Å²) in [7, 11) is 0. The number of anilines is 1. The number of carbonyl (C=O) groups is 1. The molecule has 1 saturated carbocycles. The number of pyridine rings is 1. The van der Waals surface area contributed by atoms with Crippen molar-refractivity contribution >= 4 is 22.9 Å². The average Bonchev–Trinajstić information content (AvgIpc) is 2.98. The van der Waals surface area contributed by atoms with Gasteiger partial charge in [0, 0.05) is 16.5 Å². The molecule has 3 rings (SSSR count). The smallest absolute Gasteiger partial charge is 0.256 e. The number of amides is 1. The first-order chi connectivity index (χ1) is 10.2. The molecule has 0 aromatic carbocycles. The van der Waals surface area contributed by atoms with Gasteiger partial charge in [0.1, 0.15) is 0 Å². The Kier molecular flexibility index (Phi) is 4.34. The van der Waals surface area contributed by atoms with Crippen LogP contribution in [-0.4, -0.2) is 10.9 Å². The fourth-order valence-corrected chi connectivity index (χ4v) is 3.96. The lowest BCUT2D eigenvalue weighted by atomic mass is 9.88. The van der Waals surface area contributed by atoms with Crippen LogP contribution in [0.5, 0.6) is 0 Å². The van der Waals surface area contributed by atoms with Crippen molar-refractivity contribution < 1.29 is 4.79 Å². The van der Waals surface area contributed by atoms with E-state index in [1.165, 1.54) is 37.0 Å². The fourth-order valence-electron chi connectivity index (χ4n) is 2.90. The highest BCUT2D eigenvalue weighted by atomic mass is 32.1. The number of aromatic nitrogens is 1. The summed E-state index contributed by atoms with van der Waals surface area (Å²) >= 11 is 1.72. The number of aryl methyl sites for hydroxylation is 1. The standard InChI is InChI=1S/C17H20N2OS/c1-12-7-15(10-18-9-12)19-17(20)14-8-16(21-11-14)13-5-3-2-4-6-13/h7-11,13H,2-6H2,1H3,(H,19,20). The number of hydrogen-bond acceptors (Lipinski definition) is 3. The third-order valence-corrected chi connectivity index (χ3v) is 5.12. The molecule has 0 unspecified atom stereocenters. The molecule has 1 aliphatic rings. The van der Waals surface area contributed by atoms with Crippen LogP contribution >= 0.6 is 11.3 Å². The third-order valence-electron chi connectivity index (χ3n) is 4.02. The molecule has 0 radical (unpaired) electrons. The first-order valence-corrected chi connectivity index (χ1v) is 8.42. The van der Waals surface area contributed by atoms with E-state index in [1.807, 2.05) is 18.4 Å². The van der Waals surface area contributed by atoms with E-state index in [0.29, 0.717) is 5.92 Å². The molecule has 110 valence electrons. The molecule has 0 atom stereocenters. The molecule has 3 nitrogen and oxygen atoms in total. The number of rotatable bonds is 3. The van der Waals surface area contributed by atoms with E-state index >= 15 is 0 Å². The summed E-state index contributed by atoms with van der Waals surface area (Å²) < 4.78 is 0. The molecule has 2 heterocycles. The molecule has 1 amide bonds. The van der Waals surface area contributed by atoms with Crippen molar-refractivity contribution in [2.24, 2.45) is 0 Å². The Morgan fingerprint density at radius 3 is 2.81 bits per heavy atom. The molecule has 21 heavy (non-hydrogen) atoms. The summed E-state index contributed by atoms with van der Waals surface area (Å²) in [4.78, 5) is 17.7. The molecule has 1 aliphatic carbocycles. The Morgan fingerprint density at radius 1 is 1.24 bits per heavy atom. The molecule has 1 fully saturated rings. The van der Waals surface area contributed by atoms with Crippen LogP contribution < -0.4 is 5.32 Å². The van der Waals surface area contributed by atoms with Gasteiger partial charge in [0.25, 0.3) is 5.91 Å². The Hall–Kier alpha value is -1.68. The second-order valence-corrected chi connectivity index (χ2v) is 6.72. The maximum absolute atomic E-state index is 12.3. The third kappa shape index (κ3) is 3.50. The number of nitrogens with one attached hydrogen (secondary N) is 1. The molecule has 4 heteroatoms. The minimum Gasteiger partial charge on any atom is -0.321 e. The summed E-state index contributed by atoms with van der Waals surface area (Å²) in [6.45, 7) is 1.97. The van der Waals surface area contributed by atoms with E-state index < -0.39 is 0 Å². The zero-order valence-electron chi connectivity index (χ0n) is 12.3. The Bertz CT molecular complexity index is 629. The number of carbonyl (C=O) groups excluding carboxylic acids is 1. The lowest BCUT2D eigenvalue weighted by molar-refractivity contribution is 0.102. The molecule has 0 bridgehead atoms. The van der Waals surface area contributed by atoms with E-state index in [9.17, 15) is 4.79 Å². The van der Waals surface area contributed by atoms with Crippen LogP contribution in [0.2, 0.25) is 0 Å². The first kappa shape index (κ1) is 14.3. The SMILES string of the molecule is Cc1cncc(NC(=O)c2csc(C3CCCCC3)c2)c1. The normalized spacial score (nSPS) is 15.9. The van der Waals surface area contributed by atoms with Crippen LogP contribution in [0.4, 0.5) is 5.69 Å². The van der Waals surface area contributed by atoms with Gasteiger partial charge in [0.05, 0.1) is 17.4 Å². The van der Waals surface area contributed by atoms with E-state index in [1.54, 1.807) is 23.7 Å². The number of nitrogens with zero attached hydrogens (tertiary/aromatic N) is 1. The van der Waals surface area contributed by atoms with Crippen molar-refractivity contribution in [2.75, 3.05) is 5.32 Å². The topological polar surface area (TPSA) is 42.0 Å². The highest BCUT2D eigenvalue weighted by Gasteiger charge is 2.18. The molecule has 0 aliphatic heterocycles. The second-order valence-electron chi connectivity index (χ2n) is 5.78. The lowest BCUT2D eigenvalue weighted by Gasteiger charge is -2.19. The maximum Gasteiger partial charge on any atom is 0.256 e. The van der Waals surface area contributed by atoms with Gasteiger partial charge in [-0.3, -0.25) is 9.78 Å². The van der Waals surface area contributed by atoms with E-state index in [-0.39, 0.29) is 5.91 Å². The van der Waals surface area contributed by atoms with Crippen molar-refractivity contribution in [3.63, 3.8) is 0 Å². The predicted molar refractivity (Wildman–Crippen MR) is 87.1 cm³/mol. The summed E-state index contributed by atoms with van der Waals surface area (Å²) in [5.74, 6) is 0.617. The largest absolute Gasteiger partial charge is 0.321 e. The second kappa shape index (κ2) is 6.39. The first-order valence-electron chi connectivity index (χ1n) is 7.54. The van der Waals surface area contributed by atoms with Gasteiger partial charge in [-0.1, -0.05) is 19.3 Å². The quantitative estimate of drug-likeness (QED) is 0.888. The van der Waals surface area contributed by atoms with Crippen molar-refractivity contribution in [1.82, 2.24) is 4.98 Å². The molecule has 0 spiro atoms. The lowest BCUT2D eigenvalue weighted by Crippen LogP contribution is -2.11. The maximum atomic E-state index is 12.3. The molecule has 1 N–H and O–H groups in total. The predicted octanol–water partition coefficient (Wildman–Crippen LogP) is 4.75. The van der Waals surface area contributed by atoms with Crippen LogP contribution in [0.3, 0.4) is 0 Å². The van der Waals surface area contributed by atoms with Crippen LogP contribution in [0, 0.1) is 6.92 Å². The average molecular weight is 300 g/mol. The van der Waals surface area contributed by atoms with Gasteiger partial charge in [-0.15, -0.1) is 11.3 Å². The zero-order valence-corrected chi connectivity index (χ0v) is 13.1. The monoisotopic (exact) mass is 300 g/mol. The summed E-state index contributed by atoms with van der Waals surface area (Å²) in [5.41, 5.74) is 2.56. The van der Waals surface area contributed by atoms with Crippen LogP contribution in [-0.2, 0) is 0 Å². The summed E-state index contributed by atoms with van der Waals surface area (Å²) in [6, 6.07) is 4.00. The van der Waals surface area contributed by atoms with Gasteiger partial charge in [-0.25, -0.2) is 0 Å². The highest BCUT2D eigenvalue weighted by Crippen LogP contribution is 2.36. The van der Waals surface area contributed by atoms with Gasteiger partial charge in [0.2, 0.25) is 0 Å². The number of hydrogen-bond donors (Lipinski definition) is 1. The van der Waals surface area contributed by atoms with Crippen molar-refractivity contribution in [3.8, 4) is 0 Å². The minimum atomic E-state index is -0.0410. The minimum absolute atomic E-state index is 0.0410. The summed E-state index contributed by atoms with van der Waals surface area (Å²) in [5, 5.41) is 4.90. The van der Waals surface area contributed by atoms with Crippen molar-refractivity contribution in [3.05, 3.63) is 45.9 Å². The molecule has 2 aromatic heterocycles. The molecule has 2 aromatic rings. The van der Waals surface area contributed by atoms with E-state index in [4.69, 9.17) is 0 Å². The highest BCUT2D eigenvalue weighted by molar-refractivity contribution is 7.10. The van der Waals surface area contributed by atoms with E-state index in [2.05, 4.69) is 16.4 Å². The van der Waals surface area contributed by atoms with Gasteiger partial charge < -0.3 is 5.32 Å². The zero-order chi connectivity index (χ0) is 14.7. The Labute approximate surface area is 129 Å². The molecule has 0 saturated heterocycles. The fraction of sp³-hybridized carbons (Fsp3) is 0.412. The van der Waals surface area contributed by atoms with Gasteiger partial charge >= 0.3 is 0 Å². The number of thiophene rings is 1. The van der Waals surface area contributed by atoms with Crippen molar-refractivity contribution in [2.45, 2.75) is 44.9 Å². The van der Waals surface area contributed by atoms with Crippen LogP contribution in [0.25, 0.3) is 0 Å².